The van der Waals surface area contributed by atoms with Crippen LogP contribution in [0.3, 0.4) is 0 Å². The second kappa shape index (κ2) is 8.73. The highest BCUT2D eigenvalue weighted by Gasteiger charge is 2.04. The molecule has 2 aromatic rings. The van der Waals surface area contributed by atoms with Gasteiger partial charge in [0.2, 0.25) is 0 Å². The molecule has 0 aliphatic rings. The normalized spacial score (nSPS) is 11.0. The van der Waals surface area contributed by atoms with E-state index in [0.717, 1.165) is 22.7 Å². The lowest BCUT2D eigenvalue weighted by Gasteiger charge is -2.12. The first-order chi connectivity index (χ1) is 12.0. The molecule has 0 saturated heterocycles. The summed E-state index contributed by atoms with van der Waals surface area (Å²) < 4.78 is 10.5. The van der Waals surface area contributed by atoms with E-state index in [-0.39, 0.29) is 12.5 Å². The fourth-order valence-electron chi connectivity index (χ4n) is 2.06. The van der Waals surface area contributed by atoms with Crippen molar-refractivity contribution in [2.45, 2.75) is 6.92 Å². The van der Waals surface area contributed by atoms with Gasteiger partial charge in [-0.1, -0.05) is 12.1 Å². The van der Waals surface area contributed by atoms with Gasteiger partial charge < -0.3 is 14.4 Å². The van der Waals surface area contributed by atoms with Gasteiger partial charge in [-0.25, -0.2) is 5.43 Å². The van der Waals surface area contributed by atoms with Crippen molar-refractivity contribution in [1.82, 2.24) is 5.43 Å². The maximum absolute atomic E-state index is 11.8. The highest BCUT2D eigenvalue weighted by Crippen LogP contribution is 2.16. The molecular weight excluding hydrogens is 318 g/mol. The fourth-order valence-corrected chi connectivity index (χ4v) is 2.06. The van der Waals surface area contributed by atoms with Gasteiger partial charge in [-0.2, -0.15) is 5.10 Å². The van der Waals surface area contributed by atoms with Crippen molar-refractivity contribution in [3.05, 3.63) is 54.1 Å². The molecule has 132 valence electrons. The molecule has 25 heavy (non-hydrogen) atoms. The molecule has 2 aromatic carbocycles. The summed E-state index contributed by atoms with van der Waals surface area (Å²) in [5.41, 5.74) is 5.28. The number of hydrazone groups is 1. The number of hydrogen-bond acceptors (Lipinski definition) is 5. The zero-order valence-electron chi connectivity index (χ0n) is 14.9. The monoisotopic (exact) mass is 341 g/mol. The van der Waals surface area contributed by atoms with Gasteiger partial charge in [0.15, 0.2) is 6.61 Å². The van der Waals surface area contributed by atoms with Crippen LogP contribution in [-0.4, -0.2) is 39.4 Å². The molecule has 0 heterocycles. The van der Waals surface area contributed by atoms with Crippen LogP contribution < -0.4 is 19.8 Å². The first-order valence-corrected chi connectivity index (χ1v) is 7.87. The Balaban J connectivity index is 1.85. The zero-order chi connectivity index (χ0) is 18.2. The van der Waals surface area contributed by atoms with E-state index >= 15 is 0 Å². The van der Waals surface area contributed by atoms with Crippen LogP contribution in [0.5, 0.6) is 11.5 Å². The molecule has 0 radical (unpaired) electrons. The number of ether oxygens (including phenoxy) is 2. The summed E-state index contributed by atoms with van der Waals surface area (Å²) in [5.74, 6) is 1.01. The molecule has 1 N–H and O–H groups in total. The Morgan fingerprint density at radius 1 is 1.04 bits per heavy atom. The van der Waals surface area contributed by atoms with Crippen LogP contribution in [0.4, 0.5) is 5.69 Å². The molecule has 0 aromatic heterocycles. The number of benzene rings is 2. The van der Waals surface area contributed by atoms with Crippen molar-refractivity contribution in [1.29, 1.82) is 0 Å². The number of nitrogens with one attached hydrogen (secondary N) is 1. The van der Waals surface area contributed by atoms with Gasteiger partial charge in [-0.3, -0.25) is 4.79 Å². The van der Waals surface area contributed by atoms with Crippen LogP contribution >= 0.6 is 0 Å². The molecular formula is C19H23N3O3. The van der Waals surface area contributed by atoms with Gasteiger partial charge in [0.05, 0.1) is 12.8 Å². The molecule has 0 saturated carbocycles. The second-order valence-electron chi connectivity index (χ2n) is 5.64. The lowest BCUT2D eigenvalue weighted by Crippen LogP contribution is -2.25. The Morgan fingerprint density at radius 3 is 2.20 bits per heavy atom. The van der Waals surface area contributed by atoms with E-state index in [1.807, 2.05) is 50.2 Å². The van der Waals surface area contributed by atoms with Gasteiger partial charge in [0.25, 0.3) is 5.91 Å². The maximum atomic E-state index is 11.8. The molecule has 0 fully saturated rings. The molecule has 0 aliphatic heterocycles. The first-order valence-electron chi connectivity index (χ1n) is 7.87. The minimum absolute atomic E-state index is 0.108. The van der Waals surface area contributed by atoms with E-state index in [9.17, 15) is 4.79 Å². The number of rotatable bonds is 7. The van der Waals surface area contributed by atoms with E-state index in [1.54, 1.807) is 31.4 Å². The Labute approximate surface area is 148 Å². The first kappa shape index (κ1) is 18.3. The van der Waals surface area contributed by atoms with E-state index in [4.69, 9.17) is 9.47 Å². The summed E-state index contributed by atoms with van der Waals surface area (Å²) in [7, 11) is 5.57. The van der Waals surface area contributed by atoms with Gasteiger partial charge >= 0.3 is 0 Å². The molecule has 6 nitrogen and oxygen atoms in total. The average Bonchev–Trinajstić information content (AvgIpc) is 2.64. The number of anilines is 1. The van der Waals surface area contributed by atoms with E-state index in [1.165, 1.54) is 0 Å². The van der Waals surface area contributed by atoms with Gasteiger partial charge in [0, 0.05) is 19.8 Å². The van der Waals surface area contributed by atoms with E-state index in [0.29, 0.717) is 5.75 Å². The van der Waals surface area contributed by atoms with Crippen molar-refractivity contribution < 1.29 is 14.3 Å². The summed E-state index contributed by atoms with van der Waals surface area (Å²) in [6, 6.07) is 15.0. The van der Waals surface area contributed by atoms with E-state index < -0.39 is 0 Å². The summed E-state index contributed by atoms with van der Waals surface area (Å²) in [6.45, 7) is 1.73. The molecule has 0 aliphatic carbocycles. The second-order valence-corrected chi connectivity index (χ2v) is 5.64. The van der Waals surface area contributed by atoms with Gasteiger partial charge in [-0.05, 0) is 48.9 Å². The summed E-state index contributed by atoms with van der Waals surface area (Å²) in [6.07, 6.45) is 0. The predicted molar refractivity (Wildman–Crippen MR) is 99.6 cm³/mol. The molecule has 1 amide bonds. The van der Waals surface area contributed by atoms with Crippen LogP contribution in [0.15, 0.2) is 53.6 Å². The van der Waals surface area contributed by atoms with Crippen molar-refractivity contribution in [2.24, 2.45) is 5.10 Å². The fraction of sp³-hybridized carbons (Fsp3) is 0.263. The summed E-state index contributed by atoms with van der Waals surface area (Å²) >= 11 is 0. The predicted octanol–water partition coefficient (Wildman–Crippen LogP) is 2.68. The number of methoxy groups -OCH3 is 1. The highest BCUT2D eigenvalue weighted by atomic mass is 16.5. The number of amides is 1. The van der Waals surface area contributed by atoms with Crippen LogP contribution in [-0.2, 0) is 4.79 Å². The van der Waals surface area contributed by atoms with Gasteiger partial charge in [-0.15, -0.1) is 0 Å². The lowest BCUT2D eigenvalue weighted by molar-refractivity contribution is -0.123. The number of nitrogens with zero attached hydrogens (tertiary/aromatic N) is 2. The minimum Gasteiger partial charge on any atom is -0.497 e. The summed E-state index contributed by atoms with van der Waals surface area (Å²) in [4.78, 5) is 13.9. The van der Waals surface area contributed by atoms with Crippen molar-refractivity contribution in [2.75, 3.05) is 32.7 Å². The smallest absolute Gasteiger partial charge is 0.277 e. The third-order valence-electron chi connectivity index (χ3n) is 3.58. The average molecular weight is 341 g/mol. The Kier molecular flexibility index (Phi) is 6.39. The van der Waals surface area contributed by atoms with Gasteiger partial charge in [0.1, 0.15) is 11.5 Å². The lowest BCUT2D eigenvalue weighted by atomic mass is 10.1. The van der Waals surface area contributed by atoms with Crippen LogP contribution in [0, 0.1) is 0 Å². The number of carbonyl (C=O) groups is 1. The SMILES string of the molecule is COc1ccc(OCC(=O)N/N=C(/C)c2ccc(N(C)C)cc2)cc1. The molecule has 0 unspecified atom stereocenters. The third-order valence-corrected chi connectivity index (χ3v) is 3.58. The third kappa shape index (κ3) is 5.53. The van der Waals surface area contributed by atoms with Crippen molar-refractivity contribution >= 4 is 17.3 Å². The quantitative estimate of drug-likeness (QED) is 0.621. The van der Waals surface area contributed by atoms with Crippen LogP contribution in [0.1, 0.15) is 12.5 Å². The largest absolute Gasteiger partial charge is 0.497 e. The molecule has 0 atom stereocenters. The molecule has 6 heteroatoms. The maximum Gasteiger partial charge on any atom is 0.277 e. The number of hydrogen-bond donors (Lipinski definition) is 1. The van der Waals surface area contributed by atoms with Crippen molar-refractivity contribution in [3.8, 4) is 11.5 Å². The Morgan fingerprint density at radius 2 is 1.64 bits per heavy atom. The Hall–Kier alpha value is -3.02. The molecule has 0 bridgehead atoms. The zero-order valence-corrected chi connectivity index (χ0v) is 14.9. The topological polar surface area (TPSA) is 63.2 Å². The Bertz CT molecular complexity index is 723. The van der Waals surface area contributed by atoms with E-state index in [2.05, 4.69) is 10.5 Å². The molecule has 2 rings (SSSR count). The number of carbonyl (C=O) groups excluding carboxylic acids is 1. The van der Waals surface area contributed by atoms with Crippen LogP contribution in [0.2, 0.25) is 0 Å². The van der Waals surface area contributed by atoms with Crippen molar-refractivity contribution in [3.63, 3.8) is 0 Å². The highest BCUT2D eigenvalue weighted by molar-refractivity contribution is 5.99. The van der Waals surface area contributed by atoms with Crippen LogP contribution in [0.25, 0.3) is 0 Å². The minimum atomic E-state index is -0.319. The standard InChI is InChI=1S/C19H23N3O3/c1-14(15-5-7-16(8-6-15)22(2)3)20-21-19(23)13-25-18-11-9-17(24-4)10-12-18/h5-12H,13H2,1-4H3,(H,21,23)/b20-14-. The summed E-state index contributed by atoms with van der Waals surface area (Å²) in [5, 5.41) is 4.11. The molecule has 0 spiro atoms.